The standard InChI is InChI=1S/C16H9ClFNO2/c17-13-8-12(18)5-6-15(13)21-16-11(9-20)7-10-3-1-2-4-14(10)19-16/h1-9H. The van der Waals surface area contributed by atoms with E-state index in [9.17, 15) is 9.18 Å². The molecule has 1 heterocycles. The van der Waals surface area contributed by atoms with Gasteiger partial charge in [-0.2, -0.15) is 0 Å². The van der Waals surface area contributed by atoms with E-state index in [2.05, 4.69) is 4.98 Å². The van der Waals surface area contributed by atoms with Gasteiger partial charge in [-0.15, -0.1) is 0 Å². The van der Waals surface area contributed by atoms with Crippen LogP contribution in [0.2, 0.25) is 5.02 Å². The summed E-state index contributed by atoms with van der Waals surface area (Å²) in [4.78, 5) is 15.5. The van der Waals surface area contributed by atoms with Gasteiger partial charge in [-0.25, -0.2) is 9.37 Å². The first-order chi connectivity index (χ1) is 10.2. The Kier molecular flexibility index (Phi) is 3.54. The van der Waals surface area contributed by atoms with Gasteiger partial charge in [-0.3, -0.25) is 4.79 Å². The summed E-state index contributed by atoms with van der Waals surface area (Å²) in [5, 5.41) is 0.943. The molecule has 2 aromatic carbocycles. The number of rotatable bonds is 3. The number of fused-ring (bicyclic) bond motifs is 1. The number of hydrogen-bond donors (Lipinski definition) is 0. The van der Waals surface area contributed by atoms with Crippen LogP contribution in [0.4, 0.5) is 4.39 Å². The number of aldehydes is 1. The number of halogens is 2. The zero-order valence-electron chi connectivity index (χ0n) is 10.7. The summed E-state index contributed by atoms with van der Waals surface area (Å²) >= 11 is 5.91. The molecule has 104 valence electrons. The number of carbonyl (C=O) groups excluding carboxylic acids is 1. The summed E-state index contributed by atoms with van der Waals surface area (Å²) in [6, 6.07) is 12.8. The molecule has 0 fully saturated rings. The molecule has 0 amide bonds. The minimum Gasteiger partial charge on any atom is -0.437 e. The highest BCUT2D eigenvalue weighted by Crippen LogP contribution is 2.31. The van der Waals surface area contributed by atoms with E-state index in [1.165, 1.54) is 12.1 Å². The minimum absolute atomic E-state index is 0.113. The van der Waals surface area contributed by atoms with E-state index in [4.69, 9.17) is 16.3 Å². The van der Waals surface area contributed by atoms with Gasteiger partial charge >= 0.3 is 0 Å². The monoisotopic (exact) mass is 301 g/mol. The Morgan fingerprint density at radius 3 is 2.71 bits per heavy atom. The molecule has 3 aromatic rings. The highest BCUT2D eigenvalue weighted by Gasteiger charge is 2.11. The molecule has 0 bridgehead atoms. The van der Waals surface area contributed by atoms with Crippen LogP contribution in [0.25, 0.3) is 10.9 Å². The molecular formula is C16H9ClFNO2. The molecule has 3 rings (SSSR count). The molecule has 0 spiro atoms. The highest BCUT2D eigenvalue weighted by molar-refractivity contribution is 6.32. The van der Waals surface area contributed by atoms with Crippen molar-refractivity contribution in [3.63, 3.8) is 0 Å². The summed E-state index contributed by atoms with van der Waals surface area (Å²) < 4.78 is 18.6. The van der Waals surface area contributed by atoms with E-state index in [0.717, 1.165) is 11.5 Å². The summed E-state index contributed by atoms with van der Waals surface area (Å²) in [5.74, 6) is -0.0874. The van der Waals surface area contributed by atoms with Crippen molar-refractivity contribution in [2.75, 3.05) is 0 Å². The summed E-state index contributed by atoms with van der Waals surface area (Å²) in [7, 11) is 0. The largest absolute Gasteiger partial charge is 0.437 e. The Balaban J connectivity index is 2.08. The number of para-hydroxylation sites is 1. The SMILES string of the molecule is O=Cc1cc2ccccc2nc1Oc1ccc(F)cc1Cl. The van der Waals surface area contributed by atoms with Crippen LogP contribution in [-0.2, 0) is 0 Å². The second kappa shape index (κ2) is 5.50. The molecule has 0 radical (unpaired) electrons. The fourth-order valence-corrected chi connectivity index (χ4v) is 2.15. The lowest BCUT2D eigenvalue weighted by molar-refractivity contribution is 0.112. The van der Waals surface area contributed by atoms with Crippen LogP contribution in [0, 0.1) is 5.82 Å². The van der Waals surface area contributed by atoms with E-state index in [1.807, 2.05) is 24.3 Å². The lowest BCUT2D eigenvalue weighted by Crippen LogP contribution is -1.95. The first-order valence-corrected chi connectivity index (χ1v) is 6.53. The van der Waals surface area contributed by atoms with Gasteiger partial charge in [0.25, 0.3) is 0 Å². The van der Waals surface area contributed by atoms with Crippen molar-refractivity contribution < 1.29 is 13.9 Å². The van der Waals surface area contributed by atoms with Crippen molar-refractivity contribution >= 4 is 28.8 Å². The third-order valence-corrected chi connectivity index (χ3v) is 3.24. The van der Waals surface area contributed by atoms with Crippen molar-refractivity contribution in [2.45, 2.75) is 0 Å². The van der Waals surface area contributed by atoms with Gasteiger partial charge in [-0.1, -0.05) is 29.8 Å². The molecule has 0 aliphatic heterocycles. The third-order valence-electron chi connectivity index (χ3n) is 2.94. The van der Waals surface area contributed by atoms with Crippen molar-refractivity contribution in [1.82, 2.24) is 4.98 Å². The fraction of sp³-hybridized carbons (Fsp3) is 0. The van der Waals surface area contributed by atoms with Gasteiger partial charge < -0.3 is 4.74 Å². The topological polar surface area (TPSA) is 39.2 Å². The molecule has 0 saturated heterocycles. The minimum atomic E-state index is -0.463. The van der Waals surface area contributed by atoms with Crippen molar-refractivity contribution in [2.24, 2.45) is 0 Å². The maximum Gasteiger partial charge on any atom is 0.230 e. The third kappa shape index (κ3) is 2.71. The molecule has 21 heavy (non-hydrogen) atoms. The van der Waals surface area contributed by atoms with Crippen LogP contribution in [-0.4, -0.2) is 11.3 Å². The number of carbonyl (C=O) groups is 1. The Morgan fingerprint density at radius 2 is 1.95 bits per heavy atom. The Hall–Kier alpha value is -2.46. The van der Waals surface area contributed by atoms with E-state index in [1.54, 1.807) is 6.07 Å². The van der Waals surface area contributed by atoms with Gasteiger partial charge in [0, 0.05) is 5.39 Å². The first-order valence-electron chi connectivity index (χ1n) is 6.15. The predicted octanol–water partition coefficient (Wildman–Crippen LogP) is 4.63. The Bertz CT molecular complexity index is 836. The quantitative estimate of drug-likeness (QED) is 0.662. The zero-order valence-corrected chi connectivity index (χ0v) is 11.5. The van der Waals surface area contributed by atoms with Gasteiger partial charge in [0.1, 0.15) is 11.6 Å². The molecule has 0 N–H and O–H groups in total. The number of benzene rings is 2. The average molecular weight is 302 g/mol. The second-order valence-electron chi connectivity index (χ2n) is 4.37. The highest BCUT2D eigenvalue weighted by atomic mass is 35.5. The van der Waals surface area contributed by atoms with Crippen LogP contribution in [0.5, 0.6) is 11.6 Å². The average Bonchev–Trinajstić information content (AvgIpc) is 2.49. The maximum atomic E-state index is 13.0. The molecule has 1 aromatic heterocycles. The summed E-state index contributed by atoms with van der Waals surface area (Å²) in [6.07, 6.45) is 0.659. The van der Waals surface area contributed by atoms with Crippen LogP contribution >= 0.6 is 11.6 Å². The summed E-state index contributed by atoms with van der Waals surface area (Å²) in [6.45, 7) is 0. The van der Waals surface area contributed by atoms with Crippen LogP contribution in [0.15, 0.2) is 48.5 Å². The lowest BCUT2D eigenvalue weighted by Gasteiger charge is -2.09. The van der Waals surface area contributed by atoms with Gasteiger partial charge in [-0.05, 0) is 30.3 Å². The Morgan fingerprint density at radius 1 is 1.14 bits per heavy atom. The van der Waals surface area contributed by atoms with Gasteiger partial charge in [0.05, 0.1) is 16.1 Å². The van der Waals surface area contributed by atoms with E-state index >= 15 is 0 Å². The molecule has 0 atom stereocenters. The second-order valence-corrected chi connectivity index (χ2v) is 4.78. The van der Waals surface area contributed by atoms with Gasteiger partial charge in [0.2, 0.25) is 5.88 Å². The predicted molar refractivity (Wildman–Crippen MR) is 78.6 cm³/mol. The van der Waals surface area contributed by atoms with Crippen LogP contribution in [0.3, 0.4) is 0 Å². The molecule has 5 heteroatoms. The normalized spacial score (nSPS) is 10.6. The molecule has 0 unspecified atom stereocenters. The van der Waals surface area contributed by atoms with Crippen LogP contribution in [0.1, 0.15) is 10.4 Å². The fourth-order valence-electron chi connectivity index (χ4n) is 1.94. The van der Waals surface area contributed by atoms with E-state index < -0.39 is 5.82 Å². The number of nitrogens with zero attached hydrogens (tertiary/aromatic N) is 1. The number of pyridine rings is 1. The van der Waals surface area contributed by atoms with Crippen molar-refractivity contribution in [1.29, 1.82) is 0 Å². The van der Waals surface area contributed by atoms with Gasteiger partial charge in [0.15, 0.2) is 6.29 Å². The Labute approximate surface area is 124 Å². The number of hydrogen-bond acceptors (Lipinski definition) is 3. The molecule has 3 nitrogen and oxygen atoms in total. The molecule has 0 saturated carbocycles. The zero-order chi connectivity index (χ0) is 14.8. The lowest BCUT2D eigenvalue weighted by atomic mass is 10.1. The van der Waals surface area contributed by atoms with E-state index in [0.29, 0.717) is 17.4 Å². The van der Waals surface area contributed by atoms with Crippen molar-refractivity contribution in [3.8, 4) is 11.6 Å². The van der Waals surface area contributed by atoms with Crippen LogP contribution < -0.4 is 4.74 Å². The maximum absolute atomic E-state index is 13.0. The smallest absolute Gasteiger partial charge is 0.230 e. The number of ether oxygens (including phenoxy) is 1. The molecule has 0 aliphatic rings. The number of aromatic nitrogens is 1. The first kappa shape index (κ1) is 13.5. The van der Waals surface area contributed by atoms with E-state index in [-0.39, 0.29) is 16.7 Å². The van der Waals surface area contributed by atoms with Crippen molar-refractivity contribution in [3.05, 3.63) is 64.9 Å². The molecule has 0 aliphatic carbocycles. The molecular weight excluding hydrogens is 293 g/mol. The summed E-state index contributed by atoms with van der Waals surface area (Å²) in [5.41, 5.74) is 0.991.